The third-order valence-electron chi connectivity index (χ3n) is 4.05. The Labute approximate surface area is 131 Å². The molecule has 0 saturated heterocycles. The Morgan fingerprint density at radius 2 is 1.91 bits per heavy atom. The summed E-state index contributed by atoms with van der Waals surface area (Å²) in [4.78, 5) is 12.1. The number of carbonyl (C=O) groups is 1. The average molecular weight is 300 g/mol. The maximum atomic E-state index is 12.1. The van der Waals surface area contributed by atoms with E-state index in [1.807, 2.05) is 32.0 Å². The molecule has 2 aromatic rings. The summed E-state index contributed by atoms with van der Waals surface area (Å²) in [5.74, 6) is 0.283. The second kappa shape index (κ2) is 7.22. The van der Waals surface area contributed by atoms with E-state index < -0.39 is 0 Å². The third kappa shape index (κ3) is 3.95. The number of carbonyl (C=O) groups excluding carboxylic acids is 1. The Bertz CT molecular complexity index is 601. The molecule has 5 heteroatoms. The van der Waals surface area contributed by atoms with Crippen molar-refractivity contribution in [2.75, 3.05) is 11.9 Å². The van der Waals surface area contributed by atoms with E-state index in [-0.39, 0.29) is 18.5 Å². The normalized spacial score (nSPS) is 13.6. The van der Waals surface area contributed by atoms with Crippen molar-refractivity contribution in [1.82, 2.24) is 15.5 Å². The number of aromatic amines is 1. The van der Waals surface area contributed by atoms with Crippen LogP contribution >= 0.6 is 0 Å². The maximum absolute atomic E-state index is 12.1. The van der Waals surface area contributed by atoms with Gasteiger partial charge in [0.2, 0.25) is 5.91 Å². The number of aryl methyl sites for hydroxylation is 2. The lowest BCUT2D eigenvalue weighted by Gasteiger charge is -2.21. The summed E-state index contributed by atoms with van der Waals surface area (Å²) in [6.45, 7) is 8.30. The van der Waals surface area contributed by atoms with Crippen molar-refractivity contribution < 1.29 is 4.79 Å². The zero-order valence-electron chi connectivity index (χ0n) is 13.6. The van der Waals surface area contributed by atoms with E-state index in [2.05, 4.69) is 46.8 Å². The molecule has 0 radical (unpaired) electrons. The van der Waals surface area contributed by atoms with E-state index in [0.29, 0.717) is 5.92 Å². The van der Waals surface area contributed by atoms with Crippen LogP contribution in [0.25, 0.3) is 0 Å². The number of nitrogens with one attached hydrogen (secondary N) is 3. The average Bonchev–Trinajstić information content (AvgIpc) is 2.84. The van der Waals surface area contributed by atoms with E-state index in [1.54, 1.807) is 0 Å². The Balaban J connectivity index is 1.86. The van der Waals surface area contributed by atoms with E-state index in [4.69, 9.17) is 0 Å². The lowest BCUT2D eigenvalue weighted by Crippen LogP contribution is -2.37. The molecule has 0 aliphatic rings. The molecule has 1 amide bonds. The van der Waals surface area contributed by atoms with E-state index in [1.165, 1.54) is 5.56 Å². The first-order valence-electron chi connectivity index (χ1n) is 7.58. The van der Waals surface area contributed by atoms with Gasteiger partial charge in [0.25, 0.3) is 0 Å². The monoisotopic (exact) mass is 300 g/mol. The Kier molecular flexibility index (Phi) is 5.33. The summed E-state index contributed by atoms with van der Waals surface area (Å²) in [6.07, 6.45) is 0. The quantitative estimate of drug-likeness (QED) is 0.768. The molecule has 0 fully saturated rings. The highest BCUT2D eigenvalue weighted by Crippen LogP contribution is 2.18. The maximum Gasteiger partial charge on any atom is 0.238 e. The molecule has 3 N–H and O–H groups in total. The van der Waals surface area contributed by atoms with Crippen LogP contribution in [0.1, 0.15) is 36.7 Å². The number of nitrogens with zero attached hydrogens (tertiary/aromatic N) is 1. The largest absolute Gasteiger partial charge is 0.322 e. The molecule has 5 nitrogen and oxygen atoms in total. The van der Waals surface area contributed by atoms with Crippen molar-refractivity contribution >= 4 is 11.6 Å². The first kappa shape index (κ1) is 16.2. The predicted octanol–water partition coefficient (Wildman–Crippen LogP) is 2.75. The van der Waals surface area contributed by atoms with Gasteiger partial charge in [-0.2, -0.15) is 5.10 Å². The molecule has 0 bridgehead atoms. The fourth-order valence-corrected chi connectivity index (χ4v) is 2.39. The lowest BCUT2D eigenvalue weighted by atomic mass is 9.94. The number of hydrogen-bond acceptors (Lipinski definition) is 3. The second-order valence-corrected chi connectivity index (χ2v) is 5.73. The highest BCUT2D eigenvalue weighted by molar-refractivity contribution is 5.93. The van der Waals surface area contributed by atoms with Gasteiger partial charge in [0, 0.05) is 6.04 Å². The zero-order valence-corrected chi connectivity index (χ0v) is 13.6. The molecule has 1 aromatic carbocycles. The van der Waals surface area contributed by atoms with Crippen molar-refractivity contribution in [2.24, 2.45) is 0 Å². The van der Waals surface area contributed by atoms with Gasteiger partial charge in [-0.1, -0.05) is 37.3 Å². The molecule has 0 saturated carbocycles. The number of benzene rings is 1. The van der Waals surface area contributed by atoms with Crippen molar-refractivity contribution in [3.8, 4) is 0 Å². The highest BCUT2D eigenvalue weighted by atomic mass is 16.1. The van der Waals surface area contributed by atoms with Gasteiger partial charge in [0.05, 0.1) is 23.6 Å². The van der Waals surface area contributed by atoms with Gasteiger partial charge >= 0.3 is 0 Å². The summed E-state index contributed by atoms with van der Waals surface area (Å²) in [6, 6.07) is 10.5. The van der Waals surface area contributed by atoms with Crippen molar-refractivity contribution in [3.05, 3.63) is 47.3 Å². The smallest absolute Gasteiger partial charge is 0.238 e. The Hall–Kier alpha value is -2.14. The number of rotatable bonds is 6. The number of anilines is 1. The SMILES string of the molecule is Cc1n[nH]c(C)c1NC(=O)CNC(C)C(C)c1ccccc1. The zero-order chi connectivity index (χ0) is 16.1. The molecule has 0 spiro atoms. The van der Waals surface area contributed by atoms with Crippen LogP contribution in [0.5, 0.6) is 0 Å². The molecule has 2 atom stereocenters. The molecule has 2 rings (SSSR count). The van der Waals surface area contributed by atoms with Crippen LogP contribution in [0, 0.1) is 13.8 Å². The first-order valence-corrected chi connectivity index (χ1v) is 7.58. The summed E-state index contributed by atoms with van der Waals surface area (Å²) in [5, 5.41) is 13.1. The lowest BCUT2D eigenvalue weighted by molar-refractivity contribution is -0.115. The molecular weight excluding hydrogens is 276 g/mol. The van der Waals surface area contributed by atoms with Gasteiger partial charge in [-0.25, -0.2) is 0 Å². The summed E-state index contributed by atoms with van der Waals surface area (Å²) in [5.41, 5.74) is 3.72. The third-order valence-corrected chi connectivity index (χ3v) is 4.05. The van der Waals surface area contributed by atoms with Gasteiger partial charge in [-0.15, -0.1) is 0 Å². The predicted molar refractivity (Wildman–Crippen MR) is 89.0 cm³/mol. The van der Waals surface area contributed by atoms with Crippen LogP contribution in [0.3, 0.4) is 0 Å². The van der Waals surface area contributed by atoms with Crippen molar-refractivity contribution in [3.63, 3.8) is 0 Å². The topological polar surface area (TPSA) is 69.8 Å². The number of amides is 1. The van der Waals surface area contributed by atoms with E-state index >= 15 is 0 Å². The van der Waals surface area contributed by atoms with Gasteiger partial charge in [0.15, 0.2) is 0 Å². The number of hydrogen-bond donors (Lipinski definition) is 3. The van der Waals surface area contributed by atoms with E-state index in [9.17, 15) is 4.79 Å². The molecule has 2 unspecified atom stereocenters. The Morgan fingerprint density at radius 3 is 2.50 bits per heavy atom. The van der Waals surface area contributed by atoms with Crippen LogP contribution in [0.2, 0.25) is 0 Å². The summed E-state index contributed by atoms with van der Waals surface area (Å²) < 4.78 is 0. The first-order chi connectivity index (χ1) is 10.5. The van der Waals surface area contributed by atoms with Crippen LogP contribution < -0.4 is 10.6 Å². The van der Waals surface area contributed by atoms with Crippen LogP contribution in [0.4, 0.5) is 5.69 Å². The van der Waals surface area contributed by atoms with Gasteiger partial charge < -0.3 is 10.6 Å². The van der Waals surface area contributed by atoms with E-state index in [0.717, 1.165) is 17.1 Å². The minimum absolute atomic E-state index is 0.0558. The van der Waals surface area contributed by atoms with Crippen LogP contribution in [0.15, 0.2) is 30.3 Å². The molecular formula is C17H24N4O. The Morgan fingerprint density at radius 1 is 1.23 bits per heavy atom. The van der Waals surface area contributed by atoms with Crippen LogP contribution in [-0.4, -0.2) is 28.7 Å². The molecule has 0 aliphatic carbocycles. The van der Waals surface area contributed by atoms with Crippen LogP contribution in [-0.2, 0) is 4.79 Å². The fraction of sp³-hybridized carbons (Fsp3) is 0.412. The summed E-state index contributed by atoms with van der Waals surface area (Å²) in [7, 11) is 0. The van der Waals surface area contributed by atoms with Crippen molar-refractivity contribution in [1.29, 1.82) is 0 Å². The molecule has 118 valence electrons. The summed E-state index contributed by atoms with van der Waals surface area (Å²) >= 11 is 0. The molecule has 1 aromatic heterocycles. The standard InChI is InChI=1S/C17H24N4O/c1-11(15-8-6-5-7-9-15)12(2)18-10-16(22)19-17-13(3)20-21-14(17)4/h5-9,11-12,18H,10H2,1-4H3,(H,19,22)(H,20,21). The molecule has 22 heavy (non-hydrogen) atoms. The minimum atomic E-state index is -0.0558. The highest BCUT2D eigenvalue weighted by Gasteiger charge is 2.16. The van der Waals surface area contributed by atoms with Gasteiger partial charge in [-0.3, -0.25) is 9.89 Å². The number of aromatic nitrogens is 2. The van der Waals surface area contributed by atoms with Crippen molar-refractivity contribution in [2.45, 2.75) is 39.7 Å². The molecule has 1 heterocycles. The molecule has 0 aliphatic heterocycles. The number of H-pyrrole nitrogens is 1. The van der Waals surface area contributed by atoms with Gasteiger partial charge in [-0.05, 0) is 32.3 Å². The fourth-order valence-electron chi connectivity index (χ4n) is 2.39. The second-order valence-electron chi connectivity index (χ2n) is 5.73. The van der Waals surface area contributed by atoms with Gasteiger partial charge in [0.1, 0.15) is 0 Å². The minimum Gasteiger partial charge on any atom is -0.322 e.